The van der Waals surface area contributed by atoms with Crippen LogP contribution in [0.2, 0.25) is 0 Å². The van der Waals surface area contributed by atoms with Crippen LogP contribution in [0.4, 0.5) is 0 Å². The molecule has 1 atom stereocenters. The first kappa shape index (κ1) is 11.5. The van der Waals surface area contributed by atoms with E-state index in [1.807, 2.05) is 0 Å². The molecule has 0 aliphatic heterocycles. The zero-order valence-electron chi connectivity index (χ0n) is 4.92. The van der Waals surface area contributed by atoms with Gasteiger partial charge in [-0.2, -0.15) is 0 Å². The molecule has 0 aliphatic rings. The van der Waals surface area contributed by atoms with Crippen LogP contribution in [0, 0.1) is 5.41 Å². The Morgan fingerprint density at radius 2 is 2.22 bits per heavy atom. The Balaban J connectivity index is 0. The number of isothiocyanates is 1. The third-order valence-corrected chi connectivity index (χ3v) is 0.928. The first-order valence-corrected chi connectivity index (χ1v) is 3.92. The second kappa shape index (κ2) is 10.7. The summed E-state index contributed by atoms with van der Waals surface area (Å²) in [6.07, 6.45) is 1.56. The van der Waals surface area contributed by atoms with E-state index in [4.69, 9.17) is 10.3 Å². The lowest BCUT2D eigenvalue weighted by Crippen LogP contribution is -1.41. The van der Waals surface area contributed by atoms with Gasteiger partial charge >= 0.3 is 0 Å². The summed E-state index contributed by atoms with van der Waals surface area (Å²) in [5, 5.41) is 7.36. The summed E-state index contributed by atoms with van der Waals surface area (Å²) in [6.45, 7) is 1.71. The molecule has 2 N–H and O–H groups in total. The lowest BCUT2D eigenvalue weighted by Gasteiger charge is -1.70. The Morgan fingerprint density at radius 3 is 2.22 bits per heavy atom. The molecule has 0 aromatic carbocycles. The van der Waals surface area contributed by atoms with Crippen LogP contribution < -0.4 is 0 Å². The maximum absolute atomic E-state index is 9.70. The maximum Gasteiger partial charge on any atom is 0.210 e. The molecule has 1 unspecified atom stereocenters. The Kier molecular flexibility index (Phi) is 13.6. The van der Waals surface area contributed by atoms with Crippen LogP contribution in [0.1, 0.15) is 6.92 Å². The fourth-order valence-electron chi connectivity index (χ4n) is 0.143. The van der Waals surface area contributed by atoms with Crippen LogP contribution in [-0.4, -0.2) is 10.1 Å². The molecule has 3 nitrogen and oxygen atoms in total. The largest absolute Gasteiger partial charge is 0.344 e. The molecule has 0 saturated heterocycles. The van der Waals surface area contributed by atoms with E-state index >= 15 is 0 Å². The number of rotatable bonds is 1. The summed E-state index contributed by atoms with van der Waals surface area (Å²) in [5.74, 6) is 1.27. The summed E-state index contributed by atoms with van der Waals surface area (Å²) >= 11 is 3.81. The molecular weight excluding hydrogens is 157 g/mol. The topological polar surface area (TPSA) is 61.1 Å². The average Bonchev–Trinajstić information content (AvgIpc) is 1.67. The molecule has 0 radical (unpaired) electrons. The first-order valence-electron chi connectivity index (χ1n) is 2.08. The monoisotopic (exact) mass is 165 g/mol. The lowest BCUT2D eigenvalue weighted by atomic mass is 10.8. The Labute approximate surface area is 59.8 Å². The van der Waals surface area contributed by atoms with Crippen molar-refractivity contribution in [3.05, 3.63) is 11.9 Å². The van der Waals surface area contributed by atoms with Gasteiger partial charge in [-0.3, -0.25) is 4.57 Å². The van der Waals surface area contributed by atoms with Crippen molar-refractivity contribution in [2.75, 3.05) is 0 Å². The maximum atomic E-state index is 9.70. The molecule has 0 aromatic heterocycles. The van der Waals surface area contributed by atoms with Gasteiger partial charge in [0, 0.05) is 0 Å². The van der Waals surface area contributed by atoms with Crippen molar-refractivity contribution in [3.63, 3.8) is 0 Å². The lowest BCUT2D eigenvalue weighted by molar-refractivity contribution is 0.512. The van der Waals surface area contributed by atoms with Crippen LogP contribution in [0.5, 0.6) is 0 Å². The minimum absolute atomic E-state index is 1.27. The zero-order chi connectivity index (χ0) is 7.70. The van der Waals surface area contributed by atoms with Gasteiger partial charge in [0.05, 0.1) is 5.16 Å². The van der Waals surface area contributed by atoms with Crippen molar-refractivity contribution in [3.8, 4) is 0 Å². The van der Waals surface area contributed by atoms with Crippen molar-refractivity contribution in [1.29, 1.82) is 5.41 Å². The molecular formula is C4H8NO2PS. The van der Waals surface area contributed by atoms with Gasteiger partial charge in [-0.25, -0.2) is 5.41 Å². The minimum atomic E-state index is -2.32. The van der Waals surface area contributed by atoms with E-state index in [9.17, 15) is 4.57 Å². The Hall–Kier alpha value is -0.270. The van der Waals surface area contributed by atoms with E-state index in [1.165, 1.54) is 5.82 Å². The summed E-state index contributed by atoms with van der Waals surface area (Å²) in [4.78, 5) is 8.01. The smallest absolute Gasteiger partial charge is 0.210 e. The fourth-order valence-corrected chi connectivity index (χ4v) is 0.428. The van der Waals surface area contributed by atoms with Gasteiger partial charge < -0.3 is 4.89 Å². The van der Waals surface area contributed by atoms with E-state index < -0.39 is 8.03 Å². The van der Waals surface area contributed by atoms with Gasteiger partial charge in [0.15, 0.2) is 0 Å². The second-order valence-electron chi connectivity index (χ2n) is 0.940. The highest BCUT2D eigenvalue weighted by Crippen LogP contribution is 2.12. The SMILES string of the molecule is CC=C[PH](=O)O.N=C=S. The van der Waals surface area contributed by atoms with E-state index in [1.54, 1.807) is 18.2 Å². The van der Waals surface area contributed by atoms with Gasteiger partial charge in [0.25, 0.3) is 0 Å². The number of allylic oxidation sites excluding steroid dienone is 1. The van der Waals surface area contributed by atoms with Crippen LogP contribution in [0.15, 0.2) is 11.9 Å². The summed E-state index contributed by atoms with van der Waals surface area (Å²) in [5.41, 5.74) is 0. The standard InChI is InChI=1S/C3H7O2P.CHNS/c1-2-3-6(4)5;2-1-3/h2-3,6H,1H3,(H,4,5);2H. The van der Waals surface area contributed by atoms with Gasteiger partial charge in [0.2, 0.25) is 8.03 Å². The molecule has 0 aliphatic carbocycles. The number of hydrogen-bond acceptors (Lipinski definition) is 3. The first-order chi connectivity index (χ1) is 4.18. The molecule has 0 heterocycles. The zero-order valence-corrected chi connectivity index (χ0v) is 6.73. The minimum Gasteiger partial charge on any atom is -0.344 e. The van der Waals surface area contributed by atoms with Crippen molar-refractivity contribution in [1.82, 2.24) is 0 Å². The van der Waals surface area contributed by atoms with Gasteiger partial charge in [0.1, 0.15) is 0 Å². The third-order valence-electron chi connectivity index (χ3n) is 0.309. The van der Waals surface area contributed by atoms with E-state index in [0.29, 0.717) is 0 Å². The molecule has 0 rings (SSSR count). The normalized spacial score (nSPS) is 11.3. The molecule has 0 saturated carbocycles. The molecule has 0 spiro atoms. The third kappa shape index (κ3) is 34.1. The van der Waals surface area contributed by atoms with Gasteiger partial charge in [-0.05, 0) is 25.0 Å². The predicted octanol–water partition coefficient (Wildman–Crippen LogP) is 1.65. The fraction of sp³-hybridized carbons (Fsp3) is 0.250. The van der Waals surface area contributed by atoms with Crippen LogP contribution in [0.3, 0.4) is 0 Å². The summed E-state index contributed by atoms with van der Waals surface area (Å²) in [7, 11) is -2.32. The number of nitrogens with one attached hydrogen (secondary N) is 1. The highest BCUT2D eigenvalue weighted by atomic mass is 32.1. The average molecular weight is 165 g/mol. The van der Waals surface area contributed by atoms with Crippen LogP contribution >= 0.6 is 20.2 Å². The number of thiocarbonyl (C=S) groups is 1. The second-order valence-corrected chi connectivity index (χ2v) is 2.15. The van der Waals surface area contributed by atoms with E-state index in [-0.39, 0.29) is 0 Å². The van der Waals surface area contributed by atoms with Crippen LogP contribution in [-0.2, 0) is 4.57 Å². The van der Waals surface area contributed by atoms with Crippen molar-refractivity contribution in [2.45, 2.75) is 6.92 Å². The molecule has 5 heteroatoms. The molecule has 52 valence electrons. The highest BCUT2D eigenvalue weighted by molar-refractivity contribution is 7.78. The van der Waals surface area contributed by atoms with E-state index in [0.717, 1.165) is 0 Å². The summed E-state index contributed by atoms with van der Waals surface area (Å²) in [6, 6.07) is 0. The Bertz CT molecular complexity index is 140. The van der Waals surface area contributed by atoms with E-state index in [2.05, 4.69) is 12.2 Å². The number of hydrogen-bond donors (Lipinski definition) is 2. The van der Waals surface area contributed by atoms with Crippen LogP contribution in [0.25, 0.3) is 0 Å². The molecule has 0 amide bonds. The molecule has 0 aromatic rings. The predicted molar refractivity (Wildman–Crippen MR) is 41.4 cm³/mol. The van der Waals surface area contributed by atoms with Gasteiger partial charge in [-0.15, -0.1) is 0 Å². The summed E-state index contributed by atoms with van der Waals surface area (Å²) < 4.78 is 9.70. The Morgan fingerprint density at radius 1 is 1.89 bits per heavy atom. The quantitative estimate of drug-likeness (QED) is 0.353. The van der Waals surface area contributed by atoms with Crippen molar-refractivity contribution < 1.29 is 9.46 Å². The molecule has 0 bridgehead atoms. The molecule has 9 heavy (non-hydrogen) atoms. The highest BCUT2D eigenvalue weighted by Gasteiger charge is 1.71. The van der Waals surface area contributed by atoms with Crippen molar-refractivity contribution in [2.24, 2.45) is 0 Å². The van der Waals surface area contributed by atoms with Gasteiger partial charge in [-0.1, -0.05) is 6.08 Å². The van der Waals surface area contributed by atoms with Crippen molar-refractivity contribution >= 4 is 25.4 Å². The molecule has 0 fully saturated rings.